The molecule has 0 aromatic carbocycles. The Morgan fingerprint density at radius 1 is 1.21 bits per heavy atom. The van der Waals surface area contributed by atoms with Gasteiger partial charge in [0.2, 0.25) is 5.91 Å². The van der Waals surface area contributed by atoms with Crippen molar-refractivity contribution in [1.29, 1.82) is 0 Å². The van der Waals surface area contributed by atoms with Crippen LogP contribution in [-0.2, 0) is 9.59 Å². The minimum absolute atomic E-state index is 0.000362. The molecule has 0 aliphatic heterocycles. The summed E-state index contributed by atoms with van der Waals surface area (Å²) in [6.45, 7) is 7.79. The average Bonchev–Trinajstić information content (AvgIpc) is 2.26. The lowest BCUT2D eigenvalue weighted by Gasteiger charge is -2.21. The second-order valence-electron chi connectivity index (χ2n) is 4.74. The van der Waals surface area contributed by atoms with Crippen molar-refractivity contribution in [3.8, 4) is 0 Å². The Kier molecular flexibility index (Phi) is 7.74. The van der Waals surface area contributed by atoms with E-state index in [1.165, 1.54) is 0 Å². The van der Waals surface area contributed by atoms with E-state index in [1.54, 1.807) is 25.7 Å². The van der Waals surface area contributed by atoms with Crippen molar-refractivity contribution >= 4 is 17.9 Å². The van der Waals surface area contributed by atoms with Gasteiger partial charge in [0.15, 0.2) is 0 Å². The molecule has 0 heterocycles. The molecular weight excluding hydrogens is 250 g/mol. The predicted octanol–water partition coefficient (Wildman–Crippen LogP) is 0.263. The molecule has 7 heteroatoms. The van der Waals surface area contributed by atoms with Gasteiger partial charge in [-0.2, -0.15) is 0 Å². The van der Waals surface area contributed by atoms with Gasteiger partial charge in [-0.15, -0.1) is 0 Å². The van der Waals surface area contributed by atoms with Gasteiger partial charge in [-0.25, -0.2) is 4.79 Å². The molecule has 7 nitrogen and oxygen atoms in total. The molecule has 0 fully saturated rings. The first kappa shape index (κ1) is 17.4. The van der Waals surface area contributed by atoms with Crippen molar-refractivity contribution in [1.82, 2.24) is 15.5 Å². The second-order valence-corrected chi connectivity index (χ2v) is 4.74. The summed E-state index contributed by atoms with van der Waals surface area (Å²) >= 11 is 0. The van der Waals surface area contributed by atoms with E-state index in [4.69, 9.17) is 5.11 Å². The first-order chi connectivity index (χ1) is 8.76. The number of hydrogen-bond donors (Lipinski definition) is 3. The number of carbonyl (C=O) groups excluding carboxylic acids is 2. The van der Waals surface area contributed by atoms with Gasteiger partial charge in [0, 0.05) is 12.6 Å². The lowest BCUT2D eigenvalue weighted by Crippen LogP contribution is -2.47. The summed E-state index contributed by atoms with van der Waals surface area (Å²) in [5, 5.41) is 13.6. The van der Waals surface area contributed by atoms with Crippen LogP contribution in [0.25, 0.3) is 0 Å². The third-order valence-corrected chi connectivity index (χ3v) is 2.44. The molecule has 110 valence electrons. The number of carboxylic acid groups (broad SMARTS) is 1. The zero-order valence-corrected chi connectivity index (χ0v) is 11.9. The predicted molar refractivity (Wildman–Crippen MR) is 70.7 cm³/mol. The van der Waals surface area contributed by atoms with E-state index >= 15 is 0 Å². The number of aliphatic carboxylic acids is 1. The Balaban J connectivity index is 4.20. The zero-order valence-electron chi connectivity index (χ0n) is 11.9. The van der Waals surface area contributed by atoms with Gasteiger partial charge in [0.05, 0.1) is 12.5 Å². The minimum Gasteiger partial charge on any atom is -0.481 e. The number of amides is 3. The van der Waals surface area contributed by atoms with E-state index < -0.39 is 23.8 Å². The van der Waals surface area contributed by atoms with Crippen LogP contribution in [0.4, 0.5) is 4.79 Å². The molecule has 3 amide bonds. The van der Waals surface area contributed by atoms with E-state index in [2.05, 4.69) is 10.6 Å². The van der Waals surface area contributed by atoms with Crippen LogP contribution in [0.5, 0.6) is 0 Å². The van der Waals surface area contributed by atoms with Crippen LogP contribution in [-0.4, -0.2) is 53.6 Å². The third kappa shape index (κ3) is 8.15. The van der Waals surface area contributed by atoms with E-state index in [0.717, 1.165) is 0 Å². The maximum Gasteiger partial charge on any atom is 0.321 e. The van der Waals surface area contributed by atoms with Crippen molar-refractivity contribution in [2.75, 3.05) is 19.6 Å². The second kappa shape index (κ2) is 8.47. The topological polar surface area (TPSA) is 98.7 Å². The number of urea groups is 1. The van der Waals surface area contributed by atoms with Crippen LogP contribution in [0.2, 0.25) is 0 Å². The van der Waals surface area contributed by atoms with Gasteiger partial charge in [-0.05, 0) is 20.4 Å². The summed E-state index contributed by atoms with van der Waals surface area (Å²) < 4.78 is 0. The summed E-state index contributed by atoms with van der Waals surface area (Å²) in [5.41, 5.74) is 0. The highest BCUT2D eigenvalue weighted by Gasteiger charge is 2.18. The Labute approximate surface area is 113 Å². The Morgan fingerprint density at radius 3 is 2.21 bits per heavy atom. The fourth-order valence-electron chi connectivity index (χ4n) is 1.44. The number of nitrogens with zero attached hydrogens (tertiary/aromatic N) is 1. The number of hydrogen-bond acceptors (Lipinski definition) is 4. The van der Waals surface area contributed by atoms with Crippen LogP contribution >= 0.6 is 0 Å². The number of carboxylic acids is 1. The van der Waals surface area contributed by atoms with Gasteiger partial charge in [0.25, 0.3) is 0 Å². The van der Waals surface area contributed by atoms with Gasteiger partial charge in [-0.3, -0.25) is 19.8 Å². The standard InChI is InChI=1S/C12H23N3O4/c1-5-15(6-9(4)11(17)18)7-10(16)14-12(19)13-8(2)3/h8-9H,5-7H2,1-4H3,(H,17,18)(H2,13,14,16,19). The van der Waals surface area contributed by atoms with Gasteiger partial charge in [0.1, 0.15) is 0 Å². The molecule has 0 saturated carbocycles. The van der Waals surface area contributed by atoms with Crippen molar-refractivity contribution < 1.29 is 19.5 Å². The summed E-state index contributed by atoms with van der Waals surface area (Å²) in [6, 6.07) is -0.593. The van der Waals surface area contributed by atoms with Gasteiger partial charge >= 0.3 is 12.0 Å². The number of carbonyl (C=O) groups is 3. The molecule has 0 rings (SSSR count). The Hall–Kier alpha value is -1.63. The number of rotatable bonds is 7. The molecule has 0 radical (unpaired) electrons. The van der Waals surface area contributed by atoms with Crippen LogP contribution in [0.1, 0.15) is 27.7 Å². The molecule has 0 aromatic heterocycles. The maximum atomic E-state index is 11.6. The molecule has 0 spiro atoms. The summed E-state index contributed by atoms with van der Waals surface area (Å²) in [7, 11) is 0. The summed E-state index contributed by atoms with van der Waals surface area (Å²) in [6.07, 6.45) is 0. The van der Waals surface area contributed by atoms with Gasteiger partial charge < -0.3 is 10.4 Å². The molecule has 0 aliphatic rings. The van der Waals surface area contributed by atoms with Crippen molar-refractivity contribution in [3.63, 3.8) is 0 Å². The van der Waals surface area contributed by atoms with E-state index in [9.17, 15) is 14.4 Å². The number of nitrogens with one attached hydrogen (secondary N) is 2. The fourth-order valence-corrected chi connectivity index (χ4v) is 1.44. The molecule has 1 atom stereocenters. The largest absolute Gasteiger partial charge is 0.481 e. The third-order valence-electron chi connectivity index (χ3n) is 2.44. The van der Waals surface area contributed by atoms with Gasteiger partial charge in [-0.1, -0.05) is 13.8 Å². The van der Waals surface area contributed by atoms with Crippen LogP contribution in [0.3, 0.4) is 0 Å². The maximum absolute atomic E-state index is 11.6. The molecule has 1 unspecified atom stereocenters. The molecule has 0 saturated heterocycles. The van der Waals surface area contributed by atoms with E-state index in [1.807, 2.05) is 6.92 Å². The Morgan fingerprint density at radius 2 is 1.79 bits per heavy atom. The minimum atomic E-state index is -0.906. The average molecular weight is 273 g/mol. The molecule has 0 aromatic rings. The highest BCUT2D eigenvalue weighted by molar-refractivity contribution is 5.95. The lowest BCUT2D eigenvalue weighted by molar-refractivity contribution is -0.142. The summed E-state index contributed by atoms with van der Waals surface area (Å²) in [5.74, 6) is -1.91. The van der Waals surface area contributed by atoms with Crippen molar-refractivity contribution in [2.45, 2.75) is 33.7 Å². The lowest BCUT2D eigenvalue weighted by atomic mass is 10.1. The molecule has 19 heavy (non-hydrogen) atoms. The van der Waals surface area contributed by atoms with E-state index in [-0.39, 0.29) is 19.1 Å². The molecule has 0 aliphatic carbocycles. The zero-order chi connectivity index (χ0) is 15.0. The van der Waals surface area contributed by atoms with Crippen LogP contribution in [0.15, 0.2) is 0 Å². The highest BCUT2D eigenvalue weighted by Crippen LogP contribution is 1.99. The highest BCUT2D eigenvalue weighted by atomic mass is 16.4. The van der Waals surface area contributed by atoms with E-state index in [0.29, 0.717) is 6.54 Å². The van der Waals surface area contributed by atoms with Crippen LogP contribution < -0.4 is 10.6 Å². The quantitative estimate of drug-likeness (QED) is 0.618. The first-order valence-electron chi connectivity index (χ1n) is 6.31. The summed E-state index contributed by atoms with van der Waals surface area (Å²) in [4.78, 5) is 35.3. The monoisotopic (exact) mass is 273 g/mol. The number of likely N-dealkylation sites (N-methyl/N-ethyl adjacent to an activating group) is 1. The number of imide groups is 1. The van der Waals surface area contributed by atoms with Crippen molar-refractivity contribution in [2.24, 2.45) is 5.92 Å². The molecular formula is C12H23N3O4. The fraction of sp³-hybridized carbons (Fsp3) is 0.750. The van der Waals surface area contributed by atoms with Crippen molar-refractivity contribution in [3.05, 3.63) is 0 Å². The SMILES string of the molecule is CCN(CC(=O)NC(=O)NC(C)C)CC(C)C(=O)O. The normalized spacial score (nSPS) is 12.3. The van der Waals surface area contributed by atoms with Crippen LogP contribution in [0, 0.1) is 5.92 Å². The molecule has 3 N–H and O–H groups in total. The molecule has 0 bridgehead atoms. The Bertz CT molecular complexity index is 331. The first-order valence-corrected chi connectivity index (χ1v) is 6.31. The smallest absolute Gasteiger partial charge is 0.321 e.